The minimum absolute atomic E-state index is 0.0443. The molecule has 3 heterocycles. The molecule has 0 unspecified atom stereocenters. The number of nitrogens with zero attached hydrogens (tertiary/aromatic N) is 4. The standard InChI is InChI=1S/C28H30ClN5O5S/c29-20-4-3-5-21(17-20)34-28(36)27(39-22-6-1-2-7-22)25(18-30-34)32-12-14-33(15-13-32)40(37,38)23-9-10-24-19(16-23)8-11-26(35)31-24/h3-5,9-10,16-18,22H,1-2,6-8,11-15H2,(H,31,35). The van der Waals surface area contributed by atoms with Gasteiger partial charge in [0.2, 0.25) is 21.7 Å². The van der Waals surface area contributed by atoms with Gasteiger partial charge >= 0.3 is 5.56 Å². The first-order chi connectivity index (χ1) is 19.3. The molecule has 1 amide bonds. The lowest BCUT2D eigenvalue weighted by Crippen LogP contribution is -2.49. The van der Waals surface area contributed by atoms with E-state index in [1.54, 1.807) is 48.7 Å². The van der Waals surface area contributed by atoms with Crippen molar-refractivity contribution >= 4 is 38.9 Å². The fraction of sp³-hybridized carbons (Fsp3) is 0.393. The molecule has 6 rings (SSSR count). The minimum atomic E-state index is -3.73. The van der Waals surface area contributed by atoms with Gasteiger partial charge in [-0.3, -0.25) is 9.59 Å². The molecule has 1 N–H and O–H groups in total. The number of piperazine rings is 1. The number of amides is 1. The second-order valence-electron chi connectivity index (χ2n) is 10.3. The molecule has 3 aromatic rings. The average Bonchev–Trinajstić information content (AvgIpc) is 3.47. The van der Waals surface area contributed by atoms with Gasteiger partial charge < -0.3 is 15.0 Å². The van der Waals surface area contributed by atoms with Crippen LogP contribution in [-0.2, 0) is 21.2 Å². The number of aryl methyl sites for hydroxylation is 1. The maximum absolute atomic E-state index is 13.7. The van der Waals surface area contributed by atoms with Crippen molar-refractivity contribution in [2.24, 2.45) is 0 Å². The highest BCUT2D eigenvalue weighted by Gasteiger charge is 2.32. The van der Waals surface area contributed by atoms with E-state index in [0.29, 0.717) is 48.0 Å². The van der Waals surface area contributed by atoms with E-state index in [-0.39, 0.29) is 41.3 Å². The largest absolute Gasteiger partial charge is 0.483 e. The van der Waals surface area contributed by atoms with E-state index < -0.39 is 10.0 Å². The number of sulfonamides is 1. The Balaban J connectivity index is 1.24. The van der Waals surface area contributed by atoms with E-state index in [1.165, 1.54) is 8.99 Å². The summed E-state index contributed by atoms with van der Waals surface area (Å²) in [5, 5.41) is 7.71. The summed E-state index contributed by atoms with van der Waals surface area (Å²) in [6.45, 7) is 1.25. The number of fused-ring (bicyclic) bond motifs is 1. The Kier molecular flexibility index (Phi) is 7.28. The van der Waals surface area contributed by atoms with E-state index in [2.05, 4.69) is 10.4 Å². The summed E-state index contributed by atoms with van der Waals surface area (Å²) in [5.74, 6) is 0.167. The Morgan fingerprint density at radius 2 is 1.75 bits per heavy atom. The normalized spacial score (nSPS) is 18.4. The Morgan fingerprint density at radius 1 is 0.975 bits per heavy atom. The monoisotopic (exact) mass is 583 g/mol. The zero-order valence-electron chi connectivity index (χ0n) is 21.9. The number of carbonyl (C=O) groups excluding carboxylic acids is 1. The van der Waals surface area contributed by atoms with Crippen LogP contribution in [0.5, 0.6) is 5.75 Å². The third kappa shape index (κ3) is 5.21. The Labute approximate surface area is 237 Å². The third-order valence-corrected chi connectivity index (χ3v) is 9.87. The van der Waals surface area contributed by atoms with Crippen molar-refractivity contribution in [1.82, 2.24) is 14.1 Å². The van der Waals surface area contributed by atoms with E-state index in [1.807, 2.05) is 4.90 Å². The molecule has 1 aliphatic carbocycles. The predicted molar refractivity (Wildman–Crippen MR) is 152 cm³/mol. The fourth-order valence-corrected chi connectivity index (χ4v) is 7.23. The first kappa shape index (κ1) is 26.8. The van der Waals surface area contributed by atoms with Gasteiger partial charge in [-0.1, -0.05) is 17.7 Å². The molecule has 3 aliphatic rings. The van der Waals surface area contributed by atoms with E-state index >= 15 is 0 Å². The lowest BCUT2D eigenvalue weighted by Gasteiger charge is -2.36. The van der Waals surface area contributed by atoms with Gasteiger partial charge in [0.05, 0.1) is 22.9 Å². The van der Waals surface area contributed by atoms with Gasteiger partial charge in [0.15, 0.2) is 0 Å². The van der Waals surface area contributed by atoms with Crippen LogP contribution in [0.25, 0.3) is 5.69 Å². The Morgan fingerprint density at radius 3 is 2.50 bits per heavy atom. The topological polar surface area (TPSA) is 114 Å². The second-order valence-corrected chi connectivity index (χ2v) is 12.7. The maximum Gasteiger partial charge on any atom is 0.316 e. The third-order valence-electron chi connectivity index (χ3n) is 7.74. The Bertz CT molecular complexity index is 1610. The average molecular weight is 584 g/mol. The molecule has 10 nitrogen and oxygen atoms in total. The highest BCUT2D eigenvalue weighted by molar-refractivity contribution is 7.89. The number of carbonyl (C=O) groups is 1. The molecule has 0 atom stereocenters. The van der Waals surface area contributed by atoms with Gasteiger partial charge in [0, 0.05) is 43.3 Å². The molecule has 12 heteroatoms. The van der Waals surface area contributed by atoms with Crippen LogP contribution < -0.4 is 20.5 Å². The highest BCUT2D eigenvalue weighted by Crippen LogP contribution is 2.32. The molecule has 0 radical (unpaired) electrons. The molecule has 2 aromatic carbocycles. The quantitative estimate of drug-likeness (QED) is 0.471. The first-order valence-corrected chi connectivity index (χ1v) is 15.3. The number of nitrogens with one attached hydrogen (secondary N) is 1. The van der Waals surface area contributed by atoms with Crippen molar-refractivity contribution in [1.29, 1.82) is 0 Å². The van der Waals surface area contributed by atoms with Crippen molar-refractivity contribution < 1.29 is 17.9 Å². The number of rotatable bonds is 6. The van der Waals surface area contributed by atoms with Crippen molar-refractivity contribution in [2.45, 2.75) is 49.5 Å². The summed E-state index contributed by atoms with van der Waals surface area (Å²) in [6, 6.07) is 11.8. The number of anilines is 2. The molecule has 2 aliphatic heterocycles. The van der Waals surface area contributed by atoms with E-state index in [0.717, 1.165) is 31.2 Å². The van der Waals surface area contributed by atoms with Crippen molar-refractivity contribution in [3.63, 3.8) is 0 Å². The maximum atomic E-state index is 13.7. The zero-order valence-corrected chi connectivity index (χ0v) is 23.5. The second kappa shape index (κ2) is 10.9. The lowest BCUT2D eigenvalue weighted by atomic mass is 10.0. The molecule has 210 valence electrons. The summed E-state index contributed by atoms with van der Waals surface area (Å²) >= 11 is 6.16. The summed E-state index contributed by atoms with van der Waals surface area (Å²) in [7, 11) is -3.73. The van der Waals surface area contributed by atoms with Gasteiger partial charge in [-0.15, -0.1) is 0 Å². The number of hydrogen-bond donors (Lipinski definition) is 1. The van der Waals surface area contributed by atoms with Crippen molar-refractivity contribution in [3.8, 4) is 11.4 Å². The first-order valence-electron chi connectivity index (χ1n) is 13.5. The number of benzene rings is 2. The number of aromatic nitrogens is 2. The lowest BCUT2D eigenvalue weighted by molar-refractivity contribution is -0.116. The summed E-state index contributed by atoms with van der Waals surface area (Å²) in [4.78, 5) is 27.5. The smallest absolute Gasteiger partial charge is 0.316 e. The van der Waals surface area contributed by atoms with Gasteiger partial charge in [0.1, 0.15) is 5.69 Å². The molecule has 40 heavy (non-hydrogen) atoms. The predicted octanol–water partition coefficient (Wildman–Crippen LogP) is 3.60. The molecular formula is C28H30ClN5O5S. The fourth-order valence-electron chi connectivity index (χ4n) is 5.57. The highest BCUT2D eigenvalue weighted by atomic mass is 35.5. The van der Waals surface area contributed by atoms with Gasteiger partial charge in [-0.05, 0) is 74.1 Å². The molecular weight excluding hydrogens is 554 g/mol. The minimum Gasteiger partial charge on any atom is -0.483 e. The van der Waals surface area contributed by atoms with Crippen molar-refractivity contribution in [2.75, 3.05) is 36.4 Å². The van der Waals surface area contributed by atoms with Gasteiger partial charge in [-0.2, -0.15) is 14.1 Å². The van der Waals surface area contributed by atoms with Gasteiger partial charge in [0.25, 0.3) is 0 Å². The Hall–Kier alpha value is -3.41. The summed E-state index contributed by atoms with van der Waals surface area (Å²) < 4.78 is 36.0. The SMILES string of the molecule is O=C1CCc2cc(S(=O)(=O)N3CCN(c4cnn(-c5cccc(Cl)c5)c(=O)c4OC4CCCC4)CC3)ccc2N1. The van der Waals surface area contributed by atoms with Crippen LogP contribution in [-0.4, -0.2) is 60.7 Å². The molecule has 0 bridgehead atoms. The summed E-state index contributed by atoms with van der Waals surface area (Å²) in [6.07, 6.45) is 6.30. The molecule has 0 spiro atoms. The van der Waals surface area contributed by atoms with Crippen LogP contribution in [0.2, 0.25) is 5.02 Å². The van der Waals surface area contributed by atoms with Crippen molar-refractivity contribution in [3.05, 3.63) is 69.6 Å². The van der Waals surface area contributed by atoms with Crippen LogP contribution in [0.15, 0.2) is 58.4 Å². The molecule has 1 aromatic heterocycles. The van der Waals surface area contributed by atoms with Crippen LogP contribution in [0.3, 0.4) is 0 Å². The van der Waals surface area contributed by atoms with Crippen LogP contribution in [0.1, 0.15) is 37.7 Å². The number of halogens is 1. The molecule has 1 saturated heterocycles. The zero-order chi connectivity index (χ0) is 27.9. The molecule has 2 fully saturated rings. The van der Waals surface area contributed by atoms with Crippen LogP contribution >= 0.6 is 11.6 Å². The number of hydrogen-bond acceptors (Lipinski definition) is 7. The van der Waals surface area contributed by atoms with Crippen LogP contribution in [0.4, 0.5) is 11.4 Å². The molecule has 1 saturated carbocycles. The van der Waals surface area contributed by atoms with Crippen LogP contribution in [0, 0.1) is 0 Å². The van der Waals surface area contributed by atoms with E-state index in [4.69, 9.17) is 16.3 Å². The van der Waals surface area contributed by atoms with Gasteiger partial charge in [-0.25, -0.2) is 8.42 Å². The van der Waals surface area contributed by atoms with E-state index in [9.17, 15) is 18.0 Å². The summed E-state index contributed by atoms with van der Waals surface area (Å²) in [5.41, 5.74) is 2.22. The number of ether oxygens (including phenoxy) is 1.